The first-order valence-electron chi connectivity index (χ1n) is 8.84. The molecule has 2 rings (SSSR count). The smallest absolute Gasteiger partial charge is 0.274 e. The van der Waals surface area contributed by atoms with E-state index in [2.05, 4.69) is 55.5 Å². The van der Waals surface area contributed by atoms with Gasteiger partial charge in [0, 0.05) is 12.6 Å². The molecule has 1 heterocycles. The van der Waals surface area contributed by atoms with E-state index >= 15 is 0 Å². The molecule has 0 bridgehead atoms. The Labute approximate surface area is 149 Å². The number of nitrogens with zero attached hydrogens (tertiary/aromatic N) is 3. The lowest BCUT2D eigenvalue weighted by atomic mass is 9.87. The fourth-order valence-corrected chi connectivity index (χ4v) is 2.60. The number of benzene rings is 1. The number of hydrogen-bond donors (Lipinski definition) is 2. The number of hydrogen-bond acceptors (Lipinski definition) is 4. The van der Waals surface area contributed by atoms with E-state index in [-0.39, 0.29) is 17.4 Å². The van der Waals surface area contributed by atoms with Crippen molar-refractivity contribution in [1.82, 2.24) is 20.3 Å². The molecule has 1 aromatic carbocycles. The summed E-state index contributed by atoms with van der Waals surface area (Å²) in [6, 6.07) is 8.15. The van der Waals surface area contributed by atoms with Crippen LogP contribution in [0.5, 0.6) is 0 Å². The van der Waals surface area contributed by atoms with Crippen molar-refractivity contribution in [3.8, 4) is 5.69 Å². The van der Waals surface area contributed by atoms with Crippen LogP contribution < -0.4 is 11.1 Å². The zero-order chi connectivity index (χ0) is 18.6. The fourth-order valence-electron chi connectivity index (χ4n) is 2.60. The molecule has 25 heavy (non-hydrogen) atoms. The summed E-state index contributed by atoms with van der Waals surface area (Å²) < 4.78 is 1.76. The summed E-state index contributed by atoms with van der Waals surface area (Å²) in [6.07, 6.45) is 1.63. The van der Waals surface area contributed by atoms with Crippen LogP contribution in [0.15, 0.2) is 24.3 Å². The van der Waals surface area contributed by atoms with Crippen molar-refractivity contribution < 1.29 is 4.79 Å². The molecule has 0 radical (unpaired) electrons. The number of amides is 1. The van der Waals surface area contributed by atoms with Gasteiger partial charge in [-0.05, 0) is 36.5 Å². The van der Waals surface area contributed by atoms with Gasteiger partial charge in [0.15, 0.2) is 5.69 Å². The van der Waals surface area contributed by atoms with Crippen LogP contribution >= 0.6 is 0 Å². The third-order valence-corrected chi connectivity index (χ3v) is 4.17. The Kier molecular flexibility index (Phi) is 5.95. The number of nitrogens with one attached hydrogen (secondary N) is 1. The van der Waals surface area contributed by atoms with Crippen molar-refractivity contribution in [1.29, 1.82) is 0 Å². The largest absolute Gasteiger partial charge is 0.347 e. The minimum atomic E-state index is -0.223. The lowest BCUT2D eigenvalue weighted by Crippen LogP contribution is -2.38. The summed E-state index contributed by atoms with van der Waals surface area (Å²) in [5, 5.41) is 11.2. The van der Waals surface area contributed by atoms with E-state index in [1.54, 1.807) is 4.68 Å². The minimum absolute atomic E-state index is 0.0938. The Morgan fingerprint density at radius 1 is 1.28 bits per heavy atom. The highest BCUT2D eigenvalue weighted by atomic mass is 16.2. The predicted molar refractivity (Wildman–Crippen MR) is 100 cm³/mol. The van der Waals surface area contributed by atoms with E-state index in [1.807, 2.05) is 19.1 Å². The van der Waals surface area contributed by atoms with Crippen LogP contribution in [-0.2, 0) is 11.8 Å². The standard InChI is InChI=1S/C19H29N5O/c1-6-7-16-17(18(25)21-13(2)12-20)22-23-24(16)15-10-8-14(9-11-15)19(3,4)5/h8-11,13H,6-7,12,20H2,1-5H3,(H,21,25)/t13-/m0/s1. The summed E-state index contributed by atoms with van der Waals surface area (Å²) in [5.41, 5.74) is 9.05. The van der Waals surface area contributed by atoms with E-state index < -0.39 is 0 Å². The summed E-state index contributed by atoms with van der Waals surface area (Å²) >= 11 is 0. The van der Waals surface area contributed by atoms with Crippen LogP contribution in [0, 0.1) is 0 Å². The molecule has 0 saturated heterocycles. The maximum Gasteiger partial charge on any atom is 0.274 e. The van der Waals surface area contributed by atoms with E-state index in [4.69, 9.17) is 5.73 Å². The van der Waals surface area contributed by atoms with Crippen molar-refractivity contribution in [2.75, 3.05) is 6.54 Å². The molecule has 0 unspecified atom stereocenters. The summed E-state index contributed by atoms with van der Waals surface area (Å²) in [4.78, 5) is 12.5. The van der Waals surface area contributed by atoms with Gasteiger partial charge < -0.3 is 11.1 Å². The fraction of sp³-hybridized carbons (Fsp3) is 0.526. The number of carbonyl (C=O) groups excluding carboxylic acids is 1. The molecule has 1 amide bonds. The molecule has 0 aliphatic carbocycles. The Bertz CT molecular complexity index is 712. The van der Waals surface area contributed by atoms with Crippen LogP contribution in [0.4, 0.5) is 0 Å². The maximum absolute atomic E-state index is 12.5. The van der Waals surface area contributed by atoms with Gasteiger partial charge in [0.1, 0.15) is 0 Å². The summed E-state index contributed by atoms with van der Waals surface area (Å²) in [7, 11) is 0. The van der Waals surface area contributed by atoms with Gasteiger partial charge in [0.25, 0.3) is 5.91 Å². The molecule has 0 aliphatic rings. The molecular formula is C19H29N5O. The predicted octanol–water partition coefficient (Wildman–Crippen LogP) is 2.59. The first-order chi connectivity index (χ1) is 11.8. The first-order valence-corrected chi connectivity index (χ1v) is 8.84. The van der Waals surface area contributed by atoms with Crippen LogP contribution in [0.3, 0.4) is 0 Å². The molecule has 3 N–H and O–H groups in total. The number of aromatic nitrogens is 3. The monoisotopic (exact) mass is 343 g/mol. The highest BCUT2D eigenvalue weighted by Gasteiger charge is 2.21. The van der Waals surface area contributed by atoms with Crippen LogP contribution in [0.25, 0.3) is 5.69 Å². The SMILES string of the molecule is CCCc1c(C(=O)N[C@@H](C)CN)nnn1-c1ccc(C(C)(C)C)cc1. The van der Waals surface area contributed by atoms with Gasteiger partial charge in [-0.3, -0.25) is 4.79 Å². The minimum Gasteiger partial charge on any atom is -0.347 e. The molecule has 1 atom stereocenters. The molecule has 0 saturated carbocycles. The second-order valence-corrected chi connectivity index (χ2v) is 7.45. The Hall–Kier alpha value is -2.21. The molecule has 1 aromatic heterocycles. The summed E-state index contributed by atoms with van der Waals surface area (Å²) in [6.45, 7) is 10.9. The van der Waals surface area contributed by atoms with Gasteiger partial charge in [0.2, 0.25) is 0 Å². The third kappa shape index (κ3) is 4.45. The van der Waals surface area contributed by atoms with E-state index in [1.165, 1.54) is 5.56 Å². The average Bonchev–Trinajstić information content (AvgIpc) is 2.98. The van der Waals surface area contributed by atoms with Crippen molar-refractivity contribution in [2.24, 2.45) is 5.73 Å². The number of carbonyl (C=O) groups is 1. The van der Waals surface area contributed by atoms with Crippen LogP contribution in [0.2, 0.25) is 0 Å². The molecule has 0 aliphatic heterocycles. The summed E-state index contributed by atoms with van der Waals surface area (Å²) in [5.74, 6) is -0.223. The quantitative estimate of drug-likeness (QED) is 0.844. The van der Waals surface area contributed by atoms with Gasteiger partial charge in [-0.2, -0.15) is 0 Å². The van der Waals surface area contributed by atoms with Crippen molar-refractivity contribution >= 4 is 5.91 Å². The Balaban J connectivity index is 2.37. The zero-order valence-corrected chi connectivity index (χ0v) is 15.8. The molecule has 0 fully saturated rings. The van der Waals surface area contributed by atoms with Crippen molar-refractivity contribution in [2.45, 2.75) is 58.9 Å². The van der Waals surface area contributed by atoms with Crippen molar-refractivity contribution in [3.63, 3.8) is 0 Å². The third-order valence-electron chi connectivity index (χ3n) is 4.17. The molecule has 2 aromatic rings. The molecular weight excluding hydrogens is 314 g/mol. The maximum atomic E-state index is 12.5. The van der Waals surface area contributed by atoms with E-state index in [0.29, 0.717) is 12.2 Å². The molecule has 0 spiro atoms. The normalized spacial score (nSPS) is 12.9. The van der Waals surface area contributed by atoms with E-state index in [0.717, 1.165) is 24.2 Å². The van der Waals surface area contributed by atoms with Crippen molar-refractivity contribution in [3.05, 3.63) is 41.2 Å². The van der Waals surface area contributed by atoms with Crippen LogP contribution in [-0.4, -0.2) is 33.5 Å². The Morgan fingerprint density at radius 3 is 2.44 bits per heavy atom. The average molecular weight is 343 g/mol. The molecule has 136 valence electrons. The number of nitrogens with two attached hydrogens (primary N) is 1. The lowest BCUT2D eigenvalue weighted by molar-refractivity contribution is 0.0935. The van der Waals surface area contributed by atoms with Gasteiger partial charge in [-0.1, -0.05) is 51.5 Å². The lowest BCUT2D eigenvalue weighted by Gasteiger charge is -2.19. The highest BCUT2D eigenvalue weighted by molar-refractivity contribution is 5.93. The van der Waals surface area contributed by atoms with Gasteiger partial charge in [-0.15, -0.1) is 5.10 Å². The Morgan fingerprint density at radius 2 is 1.92 bits per heavy atom. The van der Waals surface area contributed by atoms with Gasteiger partial charge >= 0.3 is 0 Å². The zero-order valence-electron chi connectivity index (χ0n) is 15.8. The molecule has 6 nitrogen and oxygen atoms in total. The van der Waals surface area contributed by atoms with E-state index in [9.17, 15) is 4.79 Å². The topological polar surface area (TPSA) is 85.8 Å². The number of rotatable bonds is 6. The second kappa shape index (κ2) is 7.78. The van der Waals surface area contributed by atoms with Crippen LogP contribution in [0.1, 0.15) is 62.8 Å². The highest BCUT2D eigenvalue weighted by Crippen LogP contribution is 2.24. The van der Waals surface area contributed by atoms with Gasteiger partial charge in [-0.25, -0.2) is 4.68 Å². The first kappa shape index (κ1) is 19.1. The molecule has 6 heteroatoms. The van der Waals surface area contributed by atoms with Gasteiger partial charge in [0.05, 0.1) is 11.4 Å². The second-order valence-electron chi connectivity index (χ2n) is 7.45.